The highest BCUT2D eigenvalue weighted by Gasteiger charge is 2.46. The Kier molecular flexibility index (Phi) is 14.0. The number of carboxylic acid groups (broad SMARTS) is 2. The Hall–Kier alpha value is -6.22. The number of carboxylic acids is 2. The summed E-state index contributed by atoms with van der Waals surface area (Å²) in [5.74, 6) is -3.94. The molecule has 16 heteroatoms. The van der Waals surface area contributed by atoms with Gasteiger partial charge in [-0.3, -0.25) is 14.1 Å². The van der Waals surface area contributed by atoms with Gasteiger partial charge in [-0.2, -0.15) is 4.58 Å². The lowest BCUT2D eigenvalue weighted by Gasteiger charge is -2.27. The molecule has 2 atom stereocenters. The van der Waals surface area contributed by atoms with Gasteiger partial charge in [-0.15, -0.1) is 0 Å². The molecule has 4 aromatic rings. The highest BCUT2D eigenvalue weighted by atomic mass is 31.2. The number of carbonyl (C=O) groups is 4. The molecule has 2 heterocycles. The maximum Gasteiger partial charge on any atom is 0.469 e. The Bertz CT molecular complexity index is 2660. The second-order valence-corrected chi connectivity index (χ2v) is 17.6. The Balaban J connectivity index is 1.25. The Morgan fingerprint density at radius 2 is 1.32 bits per heavy atom. The summed E-state index contributed by atoms with van der Waals surface area (Å²) in [4.78, 5) is 69.2. The maximum atomic E-state index is 13.1. The summed E-state index contributed by atoms with van der Waals surface area (Å²) in [5, 5.41) is 37.3. The van der Waals surface area contributed by atoms with Crippen LogP contribution in [0.15, 0.2) is 121 Å². The summed E-state index contributed by atoms with van der Waals surface area (Å²) >= 11 is 0. The van der Waals surface area contributed by atoms with Crippen LogP contribution in [-0.2, 0) is 39.1 Å². The zero-order valence-electron chi connectivity index (χ0n) is 35.4. The van der Waals surface area contributed by atoms with Crippen LogP contribution < -0.4 is 15.5 Å². The summed E-state index contributed by atoms with van der Waals surface area (Å²) in [7, 11) is -4.96. The van der Waals surface area contributed by atoms with E-state index >= 15 is 0 Å². The van der Waals surface area contributed by atoms with E-state index in [9.17, 15) is 39.1 Å². The van der Waals surface area contributed by atoms with Crippen molar-refractivity contribution >= 4 is 70.2 Å². The molecule has 4 aromatic carbocycles. The van der Waals surface area contributed by atoms with Crippen molar-refractivity contribution in [3.8, 4) is 0 Å². The number of nitrogens with one attached hydrogen (secondary N) is 2. The van der Waals surface area contributed by atoms with Gasteiger partial charge in [0.05, 0.1) is 25.0 Å². The van der Waals surface area contributed by atoms with Gasteiger partial charge in [-0.05, 0) is 59.2 Å². The lowest BCUT2D eigenvalue weighted by Crippen LogP contribution is -2.44. The van der Waals surface area contributed by atoms with Crippen molar-refractivity contribution in [1.29, 1.82) is 0 Å². The molecule has 0 saturated heterocycles. The Morgan fingerprint density at radius 3 is 1.95 bits per heavy atom. The SMILES string of the molecule is CC1(C)C(=CC=CC=CC=CC2=[N+](CCC(=O)NC(CO)C(=O)O)c3ccc4ccccc4c3C2(C)C)N(CCC(=O)NC(COP(=O)(O)O)C(=O)O)c2ccc3ccccc3c21. The van der Waals surface area contributed by atoms with Crippen molar-refractivity contribution < 1.29 is 57.9 Å². The number of benzene rings is 4. The van der Waals surface area contributed by atoms with E-state index in [1.54, 1.807) is 0 Å². The van der Waals surface area contributed by atoms with E-state index in [0.29, 0.717) is 0 Å². The number of allylic oxidation sites excluding steroid dienone is 8. The lowest BCUT2D eigenvalue weighted by molar-refractivity contribution is -0.436. The molecule has 2 aliphatic rings. The van der Waals surface area contributed by atoms with Gasteiger partial charge in [0.15, 0.2) is 18.3 Å². The summed E-state index contributed by atoms with van der Waals surface area (Å²) in [6.07, 6.45) is 13.3. The third kappa shape index (κ3) is 10.2. The van der Waals surface area contributed by atoms with Gasteiger partial charge in [0.1, 0.15) is 6.04 Å². The predicted molar refractivity (Wildman–Crippen MR) is 240 cm³/mol. The molecule has 2 unspecified atom stereocenters. The summed E-state index contributed by atoms with van der Waals surface area (Å²) in [5.41, 5.74) is 4.87. The first-order chi connectivity index (χ1) is 29.8. The third-order valence-corrected chi connectivity index (χ3v) is 11.9. The van der Waals surface area contributed by atoms with Gasteiger partial charge in [-0.1, -0.05) is 98.8 Å². The number of phosphoric acid groups is 1. The number of phosphoric ester groups is 1. The number of hydrogen-bond acceptors (Lipinski definition) is 8. The second kappa shape index (κ2) is 19.0. The number of amides is 2. The topological polar surface area (TPSA) is 226 Å². The van der Waals surface area contributed by atoms with E-state index in [0.717, 1.165) is 55.5 Å². The first-order valence-corrected chi connectivity index (χ1v) is 21.9. The molecular weight excluding hydrogens is 828 g/mol. The number of fused-ring (bicyclic) bond motifs is 6. The number of aliphatic hydroxyl groups is 1. The third-order valence-electron chi connectivity index (χ3n) is 11.4. The van der Waals surface area contributed by atoms with Crippen molar-refractivity contribution in [2.75, 3.05) is 31.2 Å². The zero-order valence-corrected chi connectivity index (χ0v) is 36.3. The number of rotatable bonds is 18. The molecule has 0 fully saturated rings. The fraction of sp³-hybridized carbons (Fsp3) is 0.298. The average molecular weight is 880 g/mol. The van der Waals surface area contributed by atoms with Crippen LogP contribution in [0, 0.1) is 0 Å². The first-order valence-electron chi connectivity index (χ1n) is 20.4. The van der Waals surface area contributed by atoms with Gasteiger partial charge in [0.2, 0.25) is 17.5 Å². The van der Waals surface area contributed by atoms with Crippen LogP contribution in [0.4, 0.5) is 11.4 Å². The fourth-order valence-corrected chi connectivity index (χ4v) is 8.87. The maximum absolute atomic E-state index is 13.1. The smallest absolute Gasteiger partial charge is 0.469 e. The number of hydrogen-bond donors (Lipinski definition) is 7. The van der Waals surface area contributed by atoms with Crippen LogP contribution >= 0.6 is 7.82 Å². The van der Waals surface area contributed by atoms with Crippen LogP contribution in [0.1, 0.15) is 51.7 Å². The molecule has 6 rings (SSSR count). The molecule has 0 aromatic heterocycles. The highest BCUT2D eigenvalue weighted by molar-refractivity contribution is 7.46. The Morgan fingerprint density at radius 1 is 0.746 bits per heavy atom. The molecular formula is C47H52N4O11P+. The van der Waals surface area contributed by atoms with Crippen LogP contribution in [-0.4, -0.2) is 97.5 Å². The van der Waals surface area contributed by atoms with Crippen LogP contribution in [0.25, 0.3) is 21.5 Å². The van der Waals surface area contributed by atoms with Crippen LogP contribution in [0.3, 0.4) is 0 Å². The first kappa shape index (κ1) is 46.3. The van der Waals surface area contributed by atoms with Crippen molar-refractivity contribution in [1.82, 2.24) is 10.6 Å². The van der Waals surface area contributed by atoms with E-state index in [2.05, 4.69) is 65.6 Å². The van der Waals surface area contributed by atoms with Crippen molar-refractivity contribution in [3.05, 3.63) is 132 Å². The quantitative estimate of drug-likeness (QED) is 0.0361. The summed E-state index contributed by atoms with van der Waals surface area (Å²) in [6, 6.07) is 21.2. The van der Waals surface area contributed by atoms with Crippen LogP contribution in [0.2, 0.25) is 0 Å². The zero-order chi connectivity index (χ0) is 45.7. The number of aliphatic carboxylic acids is 2. The van der Waals surface area contributed by atoms with Crippen molar-refractivity contribution in [3.63, 3.8) is 0 Å². The molecule has 0 bridgehead atoms. The molecule has 63 heavy (non-hydrogen) atoms. The van der Waals surface area contributed by atoms with Gasteiger partial charge in [0, 0.05) is 47.5 Å². The van der Waals surface area contributed by atoms with Gasteiger partial charge in [-0.25, -0.2) is 14.2 Å². The number of nitrogens with zero attached hydrogens (tertiary/aromatic N) is 2. The molecule has 0 aliphatic carbocycles. The number of anilines is 1. The molecule has 2 amide bonds. The molecule has 7 N–H and O–H groups in total. The molecule has 0 saturated carbocycles. The summed E-state index contributed by atoms with van der Waals surface area (Å²) in [6.45, 7) is 7.29. The summed E-state index contributed by atoms with van der Waals surface area (Å²) < 4.78 is 17.6. The molecule has 330 valence electrons. The predicted octanol–water partition coefficient (Wildman–Crippen LogP) is 5.74. The molecule has 2 aliphatic heterocycles. The minimum atomic E-state index is -4.96. The van der Waals surface area contributed by atoms with Gasteiger partial charge < -0.3 is 40.6 Å². The molecule has 0 spiro atoms. The van der Waals surface area contributed by atoms with E-state index in [-0.39, 0.29) is 25.9 Å². The normalized spacial score (nSPS) is 17.3. The van der Waals surface area contributed by atoms with Crippen LogP contribution in [0.5, 0.6) is 0 Å². The monoisotopic (exact) mass is 879 g/mol. The lowest BCUT2D eigenvalue weighted by atomic mass is 9.79. The Labute approximate surface area is 364 Å². The second-order valence-electron chi connectivity index (χ2n) is 16.4. The number of aliphatic hydroxyl groups excluding tert-OH is 1. The van der Waals surface area contributed by atoms with E-state index in [1.165, 1.54) is 0 Å². The number of carbonyl (C=O) groups excluding carboxylic acids is 2. The molecule has 0 radical (unpaired) electrons. The fourth-order valence-electron chi connectivity index (χ4n) is 8.53. The minimum absolute atomic E-state index is 0.00832. The van der Waals surface area contributed by atoms with Crippen molar-refractivity contribution in [2.45, 2.75) is 63.5 Å². The van der Waals surface area contributed by atoms with Gasteiger partial charge >= 0.3 is 19.8 Å². The highest BCUT2D eigenvalue weighted by Crippen LogP contribution is 2.51. The van der Waals surface area contributed by atoms with E-state index < -0.39 is 67.7 Å². The van der Waals surface area contributed by atoms with Gasteiger partial charge in [0.25, 0.3) is 0 Å². The average Bonchev–Trinajstić information content (AvgIpc) is 3.59. The largest absolute Gasteiger partial charge is 0.480 e. The van der Waals surface area contributed by atoms with E-state index in [1.807, 2.05) is 102 Å². The van der Waals surface area contributed by atoms with Crippen molar-refractivity contribution in [2.24, 2.45) is 0 Å². The van der Waals surface area contributed by atoms with E-state index in [4.69, 9.17) is 9.79 Å². The standard InChI is InChI=1S/C47H51N4O11P/c1-46(2)38(50(26-24-40(53)48-34(28-52)44(55)56)36-22-20-30-14-10-12-16-32(30)42(36)46)18-8-6-5-7-9-19-39-47(3,4)43-33-17-13-11-15-31(33)21-23-37(43)51(39)27-25-41(54)49-35(45(57)58)29-62-63(59,60)61/h5-23,34-35,52H,24-29H2,1-4H3,(H5-,48,49,53,54,55,56,57,58,59,60,61)/p+1. The minimum Gasteiger partial charge on any atom is -0.480 e. The molecule has 15 nitrogen and oxygen atoms in total.